The maximum Gasteiger partial charge on any atom is 0.184 e. The first-order chi connectivity index (χ1) is 6.69. The number of hydrogen-bond acceptors (Lipinski definition) is 2. The molecule has 0 unspecified atom stereocenters. The van der Waals surface area contributed by atoms with Crippen LogP contribution in [-0.4, -0.2) is 10.8 Å². The lowest BCUT2D eigenvalue weighted by Crippen LogP contribution is -2.14. The van der Waals surface area contributed by atoms with Crippen molar-refractivity contribution in [2.24, 2.45) is 5.92 Å². The van der Waals surface area contributed by atoms with Crippen molar-refractivity contribution in [1.82, 2.24) is 4.98 Å². The average molecular weight is 191 g/mol. The Hall–Kier alpha value is -1.18. The number of pyridine rings is 1. The highest BCUT2D eigenvalue weighted by Crippen LogP contribution is 2.14. The zero-order valence-corrected chi connectivity index (χ0v) is 9.08. The lowest BCUT2D eigenvalue weighted by atomic mass is 9.96. The van der Waals surface area contributed by atoms with Crippen molar-refractivity contribution in [3.05, 3.63) is 29.6 Å². The number of carbonyl (C=O) groups excluding carboxylic acids is 1. The number of aromatic nitrogens is 1. The standard InChI is InChI=1S/C12H17NO/c1-4-10(5-2)12(14)11-8-6-7-9(3)13-11/h6-8,10H,4-5H2,1-3H3. The minimum absolute atomic E-state index is 0.129. The topological polar surface area (TPSA) is 30.0 Å². The molecule has 0 spiro atoms. The van der Waals surface area contributed by atoms with E-state index in [0.717, 1.165) is 18.5 Å². The second-order valence-corrected chi connectivity index (χ2v) is 3.54. The molecule has 1 heterocycles. The number of hydrogen-bond donors (Lipinski definition) is 0. The molecule has 0 aromatic carbocycles. The molecule has 1 aromatic heterocycles. The molecule has 0 aliphatic carbocycles. The summed E-state index contributed by atoms with van der Waals surface area (Å²) in [6.07, 6.45) is 1.79. The third-order valence-electron chi connectivity index (χ3n) is 2.50. The van der Waals surface area contributed by atoms with Crippen LogP contribution in [0.4, 0.5) is 0 Å². The van der Waals surface area contributed by atoms with Crippen molar-refractivity contribution in [2.75, 3.05) is 0 Å². The highest BCUT2D eigenvalue weighted by atomic mass is 16.1. The van der Waals surface area contributed by atoms with Crippen molar-refractivity contribution in [3.63, 3.8) is 0 Å². The van der Waals surface area contributed by atoms with Crippen molar-refractivity contribution < 1.29 is 4.79 Å². The summed E-state index contributed by atoms with van der Waals surface area (Å²) in [5.41, 5.74) is 1.51. The van der Waals surface area contributed by atoms with Crippen LogP contribution in [0.25, 0.3) is 0 Å². The van der Waals surface area contributed by atoms with Gasteiger partial charge in [0.1, 0.15) is 5.69 Å². The Balaban J connectivity index is 2.88. The molecule has 2 heteroatoms. The zero-order chi connectivity index (χ0) is 10.6. The summed E-state index contributed by atoms with van der Waals surface area (Å²) < 4.78 is 0. The zero-order valence-electron chi connectivity index (χ0n) is 9.08. The predicted octanol–water partition coefficient (Wildman–Crippen LogP) is 3.01. The first-order valence-corrected chi connectivity index (χ1v) is 5.16. The molecule has 0 N–H and O–H groups in total. The Morgan fingerprint density at radius 3 is 2.50 bits per heavy atom. The summed E-state index contributed by atoms with van der Waals surface area (Å²) in [5.74, 6) is 0.308. The second-order valence-electron chi connectivity index (χ2n) is 3.54. The number of rotatable bonds is 4. The third-order valence-corrected chi connectivity index (χ3v) is 2.50. The van der Waals surface area contributed by atoms with Crippen LogP contribution < -0.4 is 0 Å². The van der Waals surface area contributed by atoms with Crippen LogP contribution in [0.2, 0.25) is 0 Å². The highest BCUT2D eigenvalue weighted by molar-refractivity contribution is 5.96. The number of Topliss-reactive ketones (excluding diaryl/α,β-unsaturated/α-hetero) is 1. The highest BCUT2D eigenvalue weighted by Gasteiger charge is 2.17. The maximum atomic E-state index is 11.9. The van der Waals surface area contributed by atoms with Gasteiger partial charge in [0.05, 0.1) is 0 Å². The number of ketones is 1. The van der Waals surface area contributed by atoms with E-state index >= 15 is 0 Å². The van der Waals surface area contributed by atoms with Crippen LogP contribution in [0.3, 0.4) is 0 Å². The third kappa shape index (κ3) is 2.41. The molecular formula is C12H17NO. The van der Waals surface area contributed by atoms with Gasteiger partial charge in [-0.15, -0.1) is 0 Å². The van der Waals surface area contributed by atoms with Gasteiger partial charge in [-0.1, -0.05) is 19.9 Å². The summed E-state index contributed by atoms with van der Waals surface area (Å²) >= 11 is 0. The Morgan fingerprint density at radius 1 is 1.36 bits per heavy atom. The van der Waals surface area contributed by atoms with Gasteiger partial charge in [0.25, 0.3) is 0 Å². The van der Waals surface area contributed by atoms with Crippen LogP contribution >= 0.6 is 0 Å². The molecule has 0 aliphatic rings. The van der Waals surface area contributed by atoms with Crippen molar-refractivity contribution in [1.29, 1.82) is 0 Å². The van der Waals surface area contributed by atoms with E-state index in [9.17, 15) is 4.79 Å². The minimum Gasteiger partial charge on any atom is -0.292 e. The van der Waals surface area contributed by atoms with Gasteiger partial charge < -0.3 is 0 Å². The fourth-order valence-corrected chi connectivity index (χ4v) is 1.55. The Morgan fingerprint density at radius 2 is 2.00 bits per heavy atom. The van der Waals surface area contributed by atoms with E-state index in [-0.39, 0.29) is 11.7 Å². The lowest BCUT2D eigenvalue weighted by Gasteiger charge is -2.10. The van der Waals surface area contributed by atoms with Gasteiger partial charge in [0, 0.05) is 11.6 Å². The van der Waals surface area contributed by atoms with Gasteiger partial charge in [-0.25, -0.2) is 0 Å². The quantitative estimate of drug-likeness (QED) is 0.685. The molecule has 1 rings (SSSR count). The van der Waals surface area contributed by atoms with E-state index in [1.54, 1.807) is 6.07 Å². The van der Waals surface area contributed by atoms with E-state index in [0.29, 0.717) is 5.69 Å². The normalized spacial score (nSPS) is 10.6. The van der Waals surface area contributed by atoms with Gasteiger partial charge in [0.15, 0.2) is 5.78 Å². The van der Waals surface area contributed by atoms with E-state index < -0.39 is 0 Å². The number of nitrogens with zero attached hydrogens (tertiary/aromatic N) is 1. The average Bonchev–Trinajstić information content (AvgIpc) is 2.19. The molecule has 0 fully saturated rings. The first-order valence-electron chi connectivity index (χ1n) is 5.16. The fourth-order valence-electron chi connectivity index (χ4n) is 1.55. The molecular weight excluding hydrogens is 174 g/mol. The largest absolute Gasteiger partial charge is 0.292 e. The molecule has 14 heavy (non-hydrogen) atoms. The van der Waals surface area contributed by atoms with Gasteiger partial charge >= 0.3 is 0 Å². The van der Waals surface area contributed by atoms with Crippen LogP contribution in [0, 0.1) is 12.8 Å². The molecule has 0 amide bonds. The second kappa shape index (κ2) is 4.89. The summed E-state index contributed by atoms with van der Waals surface area (Å²) in [4.78, 5) is 16.1. The Labute approximate surface area is 85.4 Å². The molecule has 0 saturated carbocycles. The Bertz CT molecular complexity index is 316. The summed E-state index contributed by atoms with van der Waals surface area (Å²) in [7, 11) is 0. The lowest BCUT2D eigenvalue weighted by molar-refractivity contribution is 0.0908. The predicted molar refractivity (Wildman–Crippen MR) is 57.4 cm³/mol. The van der Waals surface area contributed by atoms with Crippen LogP contribution in [0.1, 0.15) is 42.9 Å². The molecule has 2 nitrogen and oxygen atoms in total. The molecule has 0 bridgehead atoms. The molecule has 0 atom stereocenters. The van der Waals surface area contributed by atoms with Crippen molar-refractivity contribution in [2.45, 2.75) is 33.6 Å². The monoisotopic (exact) mass is 191 g/mol. The molecule has 0 saturated heterocycles. The van der Waals surface area contributed by atoms with Crippen LogP contribution in [-0.2, 0) is 0 Å². The summed E-state index contributed by atoms with van der Waals surface area (Å²) in [6.45, 7) is 5.99. The van der Waals surface area contributed by atoms with E-state index in [1.807, 2.05) is 32.9 Å². The number of aryl methyl sites for hydroxylation is 1. The van der Waals surface area contributed by atoms with Crippen molar-refractivity contribution in [3.8, 4) is 0 Å². The molecule has 76 valence electrons. The smallest absolute Gasteiger partial charge is 0.184 e. The van der Waals surface area contributed by atoms with Gasteiger partial charge in [-0.3, -0.25) is 9.78 Å². The van der Waals surface area contributed by atoms with E-state index in [1.165, 1.54) is 0 Å². The van der Waals surface area contributed by atoms with E-state index in [4.69, 9.17) is 0 Å². The molecule has 0 aliphatic heterocycles. The van der Waals surface area contributed by atoms with Crippen LogP contribution in [0.15, 0.2) is 18.2 Å². The van der Waals surface area contributed by atoms with E-state index in [2.05, 4.69) is 4.98 Å². The molecule has 0 radical (unpaired) electrons. The summed E-state index contributed by atoms with van der Waals surface area (Å²) in [5, 5.41) is 0. The SMILES string of the molecule is CCC(CC)C(=O)c1cccc(C)n1. The summed E-state index contributed by atoms with van der Waals surface area (Å²) in [6, 6.07) is 5.59. The Kier molecular flexibility index (Phi) is 3.81. The number of carbonyl (C=O) groups is 1. The fraction of sp³-hybridized carbons (Fsp3) is 0.500. The van der Waals surface area contributed by atoms with Crippen molar-refractivity contribution >= 4 is 5.78 Å². The molecule has 1 aromatic rings. The minimum atomic E-state index is 0.129. The first kappa shape index (κ1) is 10.9. The van der Waals surface area contributed by atoms with Gasteiger partial charge in [-0.05, 0) is 31.9 Å². The maximum absolute atomic E-state index is 11.9. The van der Waals surface area contributed by atoms with Gasteiger partial charge in [-0.2, -0.15) is 0 Å². The van der Waals surface area contributed by atoms with Gasteiger partial charge in [0.2, 0.25) is 0 Å². The van der Waals surface area contributed by atoms with Crippen LogP contribution in [0.5, 0.6) is 0 Å².